The van der Waals surface area contributed by atoms with Gasteiger partial charge in [-0.25, -0.2) is 4.39 Å². The number of halogens is 1. The summed E-state index contributed by atoms with van der Waals surface area (Å²) in [6.07, 6.45) is 8.16. The van der Waals surface area contributed by atoms with Crippen molar-refractivity contribution in [3.63, 3.8) is 0 Å². The molecule has 4 aliphatic carbocycles. The predicted octanol–water partition coefficient (Wildman–Crippen LogP) is 5.94. The monoisotopic (exact) mass is 553 g/mol. The number of nitrogens with zero attached hydrogens (tertiary/aromatic N) is 1. The molecule has 9 heteroatoms. The van der Waals surface area contributed by atoms with Crippen LogP contribution < -0.4 is 8.92 Å². The van der Waals surface area contributed by atoms with Crippen LogP contribution in [0.3, 0.4) is 0 Å². The second-order valence-corrected chi connectivity index (χ2v) is 13.0. The minimum atomic E-state index is -4.24. The van der Waals surface area contributed by atoms with Crippen LogP contribution in [0.4, 0.5) is 4.39 Å². The van der Waals surface area contributed by atoms with Gasteiger partial charge < -0.3 is 18.2 Å². The molecule has 7 nitrogen and oxygen atoms in total. The molecule has 0 saturated heterocycles. The number of hydrogen-bond acceptors (Lipinski definition) is 6. The number of benzene rings is 2. The van der Waals surface area contributed by atoms with Gasteiger partial charge in [-0.2, -0.15) is 8.42 Å². The van der Waals surface area contributed by atoms with Gasteiger partial charge in [0.05, 0.1) is 25.3 Å². The van der Waals surface area contributed by atoms with Crippen molar-refractivity contribution in [1.29, 1.82) is 0 Å². The highest BCUT2D eigenvalue weighted by molar-refractivity contribution is 7.87. The van der Waals surface area contributed by atoms with Crippen molar-refractivity contribution < 1.29 is 30.9 Å². The van der Waals surface area contributed by atoms with Gasteiger partial charge in [-0.1, -0.05) is 6.07 Å². The van der Waals surface area contributed by atoms with Crippen LogP contribution in [-0.4, -0.2) is 26.3 Å². The molecule has 0 aliphatic heterocycles. The number of methoxy groups -OCH3 is 1. The smallest absolute Gasteiger partial charge is 0.339 e. The Balaban J connectivity index is 1.29. The van der Waals surface area contributed by atoms with Gasteiger partial charge in [-0.15, -0.1) is 0 Å². The summed E-state index contributed by atoms with van der Waals surface area (Å²) < 4.78 is 55.6. The molecule has 1 heterocycles. The molecular formula is C30H32FNO6S. The minimum absolute atomic E-state index is 0.000438. The summed E-state index contributed by atoms with van der Waals surface area (Å²) in [6, 6.07) is 13.1. The molecule has 0 atom stereocenters. The lowest BCUT2D eigenvalue weighted by Crippen LogP contribution is -2.54. The van der Waals surface area contributed by atoms with Crippen LogP contribution in [0.15, 0.2) is 70.2 Å². The zero-order valence-electron chi connectivity index (χ0n) is 21.8. The number of ether oxygens (including phenoxy) is 1. The van der Waals surface area contributed by atoms with E-state index in [1.165, 1.54) is 26.4 Å². The Morgan fingerprint density at radius 3 is 2.23 bits per heavy atom. The van der Waals surface area contributed by atoms with Crippen molar-refractivity contribution in [2.45, 2.75) is 56.5 Å². The van der Waals surface area contributed by atoms with E-state index in [2.05, 4.69) is 0 Å². The SMILES string of the molecule is COc1ccc(CN(Cc2ccco2)C(=O)C23CC4CC(CC(C4)C2)C3)cc1OS(=O)(=O)c1ccc(F)cc1. The van der Waals surface area contributed by atoms with Crippen molar-refractivity contribution >= 4 is 16.0 Å². The number of hydrogen-bond donors (Lipinski definition) is 0. The fraction of sp³-hybridized carbons (Fsp3) is 0.433. The van der Waals surface area contributed by atoms with Crippen LogP contribution in [0.5, 0.6) is 11.5 Å². The summed E-state index contributed by atoms with van der Waals surface area (Å²) in [6.45, 7) is 0.585. The maximum Gasteiger partial charge on any atom is 0.339 e. The van der Waals surface area contributed by atoms with Gasteiger partial charge in [0, 0.05) is 6.54 Å². The Morgan fingerprint density at radius 1 is 0.974 bits per heavy atom. The largest absolute Gasteiger partial charge is 0.493 e. The summed E-state index contributed by atoms with van der Waals surface area (Å²) >= 11 is 0. The average Bonchev–Trinajstić information content (AvgIpc) is 3.40. The topological polar surface area (TPSA) is 86.0 Å². The van der Waals surface area contributed by atoms with E-state index in [9.17, 15) is 17.6 Å². The summed E-state index contributed by atoms with van der Waals surface area (Å²) in [5.41, 5.74) is 0.365. The number of furan rings is 1. The first-order valence-corrected chi connectivity index (χ1v) is 14.8. The summed E-state index contributed by atoms with van der Waals surface area (Å²) in [4.78, 5) is 15.9. The molecular weight excluding hydrogens is 521 g/mol. The molecule has 206 valence electrons. The molecule has 1 amide bonds. The number of carbonyl (C=O) groups is 1. The predicted molar refractivity (Wildman–Crippen MR) is 141 cm³/mol. The molecule has 0 unspecified atom stereocenters. The Morgan fingerprint density at radius 2 is 1.64 bits per heavy atom. The van der Waals surface area contributed by atoms with Gasteiger partial charge in [0.25, 0.3) is 0 Å². The van der Waals surface area contributed by atoms with E-state index >= 15 is 0 Å². The first kappa shape index (κ1) is 25.9. The number of rotatable bonds is 9. The van der Waals surface area contributed by atoms with E-state index < -0.39 is 15.9 Å². The molecule has 3 aromatic rings. The Hall–Kier alpha value is -3.33. The standard InChI is InChI=1S/C30H32FNO6S/c1-36-27-9-4-20(14-28(27)38-39(34,35)26-7-5-24(31)6-8-26)18-32(19-25-3-2-10-37-25)29(33)30-15-21-11-22(16-30)13-23(12-21)17-30/h2-10,14,21-23H,11-13,15-19H2,1H3. The summed E-state index contributed by atoms with van der Waals surface area (Å²) in [7, 11) is -2.82. The molecule has 0 spiro atoms. The molecule has 0 N–H and O–H groups in total. The van der Waals surface area contributed by atoms with Gasteiger partial charge in [0.15, 0.2) is 11.5 Å². The average molecular weight is 554 g/mol. The fourth-order valence-corrected chi connectivity index (χ4v) is 8.30. The maximum atomic E-state index is 14.3. The third-order valence-corrected chi connectivity index (χ3v) is 9.86. The van der Waals surface area contributed by atoms with Crippen LogP contribution in [0.2, 0.25) is 0 Å². The van der Waals surface area contributed by atoms with Crippen LogP contribution >= 0.6 is 0 Å². The van der Waals surface area contributed by atoms with Gasteiger partial charge in [-0.3, -0.25) is 4.79 Å². The van der Waals surface area contributed by atoms with Gasteiger partial charge in [0.2, 0.25) is 5.91 Å². The summed E-state index contributed by atoms with van der Waals surface area (Å²) in [5, 5.41) is 0. The van der Waals surface area contributed by atoms with Gasteiger partial charge in [0.1, 0.15) is 16.5 Å². The van der Waals surface area contributed by atoms with Crippen LogP contribution in [0.25, 0.3) is 0 Å². The second kappa shape index (κ2) is 10.0. The molecule has 2 aromatic carbocycles. The molecule has 1 aromatic heterocycles. The normalized spacial score (nSPS) is 25.4. The molecule has 39 heavy (non-hydrogen) atoms. The fourth-order valence-electron chi connectivity index (χ4n) is 7.37. The van der Waals surface area contributed by atoms with Gasteiger partial charge in [-0.05, 0) is 110 Å². The molecule has 4 saturated carbocycles. The van der Waals surface area contributed by atoms with Crippen molar-refractivity contribution in [2.75, 3.05) is 7.11 Å². The lowest BCUT2D eigenvalue weighted by atomic mass is 9.49. The Labute approximate surface area is 228 Å². The molecule has 4 aliphatic rings. The zero-order valence-corrected chi connectivity index (χ0v) is 22.7. The lowest BCUT2D eigenvalue weighted by Gasteiger charge is -2.56. The highest BCUT2D eigenvalue weighted by atomic mass is 32.2. The second-order valence-electron chi connectivity index (χ2n) is 11.4. The first-order valence-electron chi connectivity index (χ1n) is 13.4. The van der Waals surface area contributed by atoms with Gasteiger partial charge >= 0.3 is 10.1 Å². The van der Waals surface area contributed by atoms with E-state index in [1.807, 2.05) is 17.0 Å². The van der Waals surface area contributed by atoms with E-state index in [4.69, 9.17) is 13.3 Å². The highest BCUT2D eigenvalue weighted by Gasteiger charge is 2.55. The van der Waals surface area contributed by atoms with Crippen molar-refractivity contribution in [3.05, 3.63) is 78.0 Å². The van der Waals surface area contributed by atoms with Crippen molar-refractivity contribution in [1.82, 2.24) is 4.90 Å². The third kappa shape index (κ3) is 5.16. The van der Waals surface area contributed by atoms with E-state index in [0.29, 0.717) is 35.6 Å². The van der Waals surface area contributed by atoms with Crippen LogP contribution in [0, 0.1) is 29.0 Å². The third-order valence-electron chi connectivity index (χ3n) is 8.61. The Bertz CT molecular complexity index is 1420. The maximum absolute atomic E-state index is 14.3. The Kier molecular flexibility index (Phi) is 6.65. The molecule has 4 fully saturated rings. The molecule has 4 bridgehead atoms. The van der Waals surface area contributed by atoms with Crippen molar-refractivity contribution in [2.24, 2.45) is 23.2 Å². The lowest BCUT2D eigenvalue weighted by molar-refractivity contribution is -0.159. The summed E-state index contributed by atoms with van der Waals surface area (Å²) in [5.74, 6) is 2.41. The minimum Gasteiger partial charge on any atom is -0.493 e. The van der Waals surface area contributed by atoms with E-state index in [-0.39, 0.29) is 34.3 Å². The van der Waals surface area contributed by atoms with Crippen LogP contribution in [0.1, 0.15) is 49.8 Å². The van der Waals surface area contributed by atoms with Crippen LogP contribution in [-0.2, 0) is 28.0 Å². The van der Waals surface area contributed by atoms with Crippen molar-refractivity contribution in [3.8, 4) is 11.5 Å². The highest BCUT2D eigenvalue weighted by Crippen LogP contribution is 2.60. The quantitative estimate of drug-likeness (QED) is 0.305. The first-order chi connectivity index (χ1) is 18.7. The van der Waals surface area contributed by atoms with E-state index in [0.717, 1.165) is 43.5 Å². The molecule has 7 rings (SSSR count). The van der Waals surface area contributed by atoms with E-state index in [1.54, 1.807) is 24.5 Å². The molecule has 0 radical (unpaired) electrons. The zero-order chi connectivity index (χ0) is 27.2. The number of carbonyl (C=O) groups excluding carboxylic acids is 1. The number of amides is 1.